The molecule has 4 heteroatoms. The number of benzene rings is 1. The second-order valence-corrected chi connectivity index (χ2v) is 6.90. The lowest BCUT2D eigenvalue weighted by Crippen LogP contribution is -2.21. The van der Waals surface area contributed by atoms with Gasteiger partial charge in [-0.05, 0) is 51.8 Å². The van der Waals surface area contributed by atoms with Crippen LogP contribution < -0.4 is 10.6 Å². The number of rotatable bonds is 7. The van der Waals surface area contributed by atoms with Crippen LogP contribution in [0.5, 0.6) is 0 Å². The van der Waals surface area contributed by atoms with Gasteiger partial charge in [0.25, 0.3) is 0 Å². The molecule has 0 radical (unpaired) electrons. The molecular weight excluding hydrogens is 290 g/mol. The van der Waals surface area contributed by atoms with Crippen molar-refractivity contribution in [1.82, 2.24) is 4.98 Å². The first-order valence-electron chi connectivity index (χ1n) is 8.06. The Morgan fingerprint density at radius 2 is 1.77 bits per heavy atom. The van der Waals surface area contributed by atoms with E-state index in [9.17, 15) is 0 Å². The molecule has 0 saturated heterocycles. The normalized spacial score (nSPS) is 12.4. The van der Waals surface area contributed by atoms with Gasteiger partial charge in [0, 0.05) is 36.1 Å². The van der Waals surface area contributed by atoms with Gasteiger partial charge >= 0.3 is 0 Å². The molecular formula is C18H27N3S. The Hall–Kier alpha value is -1.39. The number of hydrogen-bond donors (Lipinski definition) is 1. The van der Waals surface area contributed by atoms with Crippen molar-refractivity contribution >= 4 is 17.0 Å². The topological polar surface area (TPSA) is 42.1 Å². The molecule has 0 spiro atoms. The number of nitrogens with zero attached hydrogens (tertiary/aromatic N) is 2. The summed E-state index contributed by atoms with van der Waals surface area (Å²) in [7, 11) is 0. The second-order valence-electron chi connectivity index (χ2n) is 5.67. The third kappa shape index (κ3) is 3.87. The van der Waals surface area contributed by atoms with Gasteiger partial charge in [-0.1, -0.05) is 12.1 Å². The van der Waals surface area contributed by atoms with Crippen LogP contribution in [0, 0.1) is 13.8 Å². The molecule has 0 amide bonds. The smallest absolute Gasteiger partial charge is 0.0977 e. The van der Waals surface area contributed by atoms with Gasteiger partial charge < -0.3 is 10.6 Å². The van der Waals surface area contributed by atoms with Crippen LogP contribution in [0.3, 0.4) is 0 Å². The fraction of sp³-hybridized carbons (Fsp3) is 0.500. The summed E-state index contributed by atoms with van der Waals surface area (Å²) in [5.74, 6) is 0.316. The number of nitrogens with two attached hydrogens (primary N) is 1. The van der Waals surface area contributed by atoms with E-state index in [-0.39, 0.29) is 0 Å². The number of hydrogen-bond acceptors (Lipinski definition) is 4. The highest BCUT2D eigenvalue weighted by molar-refractivity contribution is 7.11. The summed E-state index contributed by atoms with van der Waals surface area (Å²) < 4.78 is 0. The summed E-state index contributed by atoms with van der Waals surface area (Å²) in [5.41, 5.74) is 9.75. The summed E-state index contributed by atoms with van der Waals surface area (Å²) >= 11 is 1.78. The van der Waals surface area contributed by atoms with Crippen LogP contribution in [-0.2, 0) is 6.42 Å². The van der Waals surface area contributed by atoms with E-state index in [1.165, 1.54) is 21.1 Å². The molecule has 0 saturated carbocycles. The summed E-state index contributed by atoms with van der Waals surface area (Å²) in [6.07, 6.45) is 0.960. The molecule has 0 bridgehead atoms. The molecule has 22 heavy (non-hydrogen) atoms. The van der Waals surface area contributed by atoms with Crippen molar-refractivity contribution in [2.24, 2.45) is 5.73 Å². The van der Waals surface area contributed by atoms with E-state index in [0.717, 1.165) is 25.2 Å². The van der Waals surface area contributed by atoms with E-state index in [0.29, 0.717) is 12.5 Å². The Kier molecular flexibility index (Phi) is 5.98. The maximum Gasteiger partial charge on any atom is 0.0977 e. The van der Waals surface area contributed by atoms with Crippen molar-refractivity contribution in [1.29, 1.82) is 0 Å². The molecule has 2 N–H and O–H groups in total. The zero-order valence-electron chi connectivity index (χ0n) is 14.1. The van der Waals surface area contributed by atoms with Gasteiger partial charge in [0.05, 0.1) is 10.7 Å². The lowest BCUT2D eigenvalue weighted by atomic mass is 9.99. The zero-order chi connectivity index (χ0) is 16.1. The van der Waals surface area contributed by atoms with Gasteiger partial charge in [0.2, 0.25) is 0 Å². The second kappa shape index (κ2) is 7.75. The molecule has 0 aliphatic carbocycles. The van der Waals surface area contributed by atoms with Crippen LogP contribution >= 0.6 is 11.3 Å². The third-order valence-corrected chi connectivity index (χ3v) is 5.46. The molecule has 1 aromatic heterocycles. The van der Waals surface area contributed by atoms with Gasteiger partial charge in [-0.15, -0.1) is 11.3 Å². The van der Waals surface area contributed by atoms with E-state index in [4.69, 9.17) is 5.73 Å². The number of aryl methyl sites for hydroxylation is 2. The first-order chi connectivity index (χ1) is 10.6. The van der Waals surface area contributed by atoms with E-state index >= 15 is 0 Å². The summed E-state index contributed by atoms with van der Waals surface area (Å²) in [6.45, 7) is 11.3. The molecule has 0 fully saturated rings. The number of thiazole rings is 1. The molecule has 0 aliphatic rings. The molecule has 0 aliphatic heterocycles. The summed E-state index contributed by atoms with van der Waals surface area (Å²) in [6, 6.07) is 8.88. The minimum atomic E-state index is 0.316. The summed E-state index contributed by atoms with van der Waals surface area (Å²) in [4.78, 5) is 8.34. The molecule has 1 unspecified atom stereocenters. The fourth-order valence-electron chi connectivity index (χ4n) is 2.66. The van der Waals surface area contributed by atoms with Crippen molar-refractivity contribution in [2.45, 2.75) is 40.0 Å². The highest BCUT2D eigenvalue weighted by Gasteiger charge is 2.16. The average Bonchev–Trinajstić information content (AvgIpc) is 2.86. The van der Waals surface area contributed by atoms with Gasteiger partial charge in [-0.25, -0.2) is 4.98 Å². The van der Waals surface area contributed by atoms with Crippen LogP contribution in [-0.4, -0.2) is 24.6 Å². The van der Waals surface area contributed by atoms with Crippen LogP contribution in [0.2, 0.25) is 0 Å². The molecule has 3 nitrogen and oxygen atoms in total. The van der Waals surface area contributed by atoms with Gasteiger partial charge in [0.1, 0.15) is 0 Å². The van der Waals surface area contributed by atoms with E-state index in [1.807, 2.05) is 0 Å². The highest BCUT2D eigenvalue weighted by atomic mass is 32.1. The van der Waals surface area contributed by atoms with Crippen molar-refractivity contribution in [2.75, 3.05) is 24.5 Å². The van der Waals surface area contributed by atoms with Crippen molar-refractivity contribution in [3.05, 3.63) is 45.4 Å². The standard InChI is InChI=1S/C18H27N3S/c1-5-21(6-2)17-9-7-15(8-10-17)11-16(12-19)18-20-13(3)14(4)22-18/h7-10,16H,5-6,11-12,19H2,1-4H3. The van der Waals surface area contributed by atoms with Crippen LogP contribution in [0.15, 0.2) is 24.3 Å². The number of aromatic nitrogens is 1. The third-order valence-electron chi connectivity index (χ3n) is 4.23. The molecule has 1 heterocycles. The highest BCUT2D eigenvalue weighted by Crippen LogP contribution is 2.27. The lowest BCUT2D eigenvalue weighted by molar-refractivity contribution is 0.687. The quantitative estimate of drug-likeness (QED) is 0.842. The van der Waals surface area contributed by atoms with E-state index in [2.05, 4.69) is 61.8 Å². The van der Waals surface area contributed by atoms with Crippen molar-refractivity contribution < 1.29 is 0 Å². The minimum Gasteiger partial charge on any atom is -0.372 e. The Balaban J connectivity index is 2.11. The predicted octanol–water partition coefficient (Wildman–Crippen LogP) is 3.89. The van der Waals surface area contributed by atoms with Gasteiger partial charge in [0.15, 0.2) is 0 Å². The minimum absolute atomic E-state index is 0.316. The van der Waals surface area contributed by atoms with Crippen molar-refractivity contribution in [3.63, 3.8) is 0 Å². The largest absolute Gasteiger partial charge is 0.372 e. The van der Waals surface area contributed by atoms with Crippen LogP contribution in [0.1, 0.15) is 40.9 Å². The zero-order valence-corrected chi connectivity index (χ0v) is 14.9. The first kappa shape index (κ1) is 17.0. The molecule has 2 aromatic rings. The monoisotopic (exact) mass is 317 g/mol. The maximum atomic E-state index is 5.99. The molecule has 120 valence electrons. The molecule has 2 rings (SSSR count). The molecule has 1 aromatic carbocycles. The van der Waals surface area contributed by atoms with Gasteiger partial charge in [-0.3, -0.25) is 0 Å². The van der Waals surface area contributed by atoms with Gasteiger partial charge in [-0.2, -0.15) is 0 Å². The summed E-state index contributed by atoms with van der Waals surface area (Å²) in [5, 5.41) is 1.17. The Morgan fingerprint density at radius 3 is 2.23 bits per heavy atom. The van der Waals surface area contributed by atoms with E-state index < -0.39 is 0 Å². The predicted molar refractivity (Wildman–Crippen MR) is 97.1 cm³/mol. The Labute approximate surface area is 138 Å². The lowest BCUT2D eigenvalue weighted by Gasteiger charge is -2.21. The Morgan fingerprint density at radius 1 is 1.14 bits per heavy atom. The fourth-order valence-corrected chi connectivity index (χ4v) is 3.70. The number of anilines is 1. The average molecular weight is 318 g/mol. The maximum absolute atomic E-state index is 5.99. The van der Waals surface area contributed by atoms with Crippen LogP contribution in [0.25, 0.3) is 0 Å². The first-order valence-corrected chi connectivity index (χ1v) is 8.88. The van der Waals surface area contributed by atoms with Crippen LogP contribution in [0.4, 0.5) is 5.69 Å². The van der Waals surface area contributed by atoms with E-state index in [1.54, 1.807) is 11.3 Å². The SMILES string of the molecule is CCN(CC)c1ccc(CC(CN)c2nc(C)c(C)s2)cc1. The Bertz CT molecular complexity index is 565. The van der Waals surface area contributed by atoms with Crippen molar-refractivity contribution in [3.8, 4) is 0 Å². The molecule has 1 atom stereocenters.